The number of carboxylic acid groups (broad SMARTS) is 1. The second kappa shape index (κ2) is 7.13. The molecule has 0 bridgehead atoms. The van der Waals surface area contributed by atoms with Crippen molar-refractivity contribution in [3.63, 3.8) is 0 Å². The Kier molecular flexibility index (Phi) is 4.52. The number of halogens is 1. The van der Waals surface area contributed by atoms with Gasteiger partial charge in [-0.1, -0.05) is 24.3 Å². The fourth-order valence-corrected chi connectivity index (χ4v) is 3.72. The predicted molar refractivity (Wildman–Crippen MR) is 104 cm³/mol. The molecule has 0 aliphatic carbocycles. The molecule has 2 N–H and O–H groups in total. The SMILES string of the molecule is O=C(O)c1ccc(CNc2ncnc3scc(-c4ccc(F)cc4)c23)cc1. The maximum atomic E-state index is 13.2. The van der Waals surface area contributed by atoms with Crippen LogP contribution >= 0.6 is 11.3 Å². The minimum absolute atomic E-state index is 0.250. The van der Waals surface area contributed by atoms with Crippen molar-refractivity contribution < 1.29 is 14.3 Å². The Morgan fingerprint density at radius 3 is 2.52 bits per heavy atom. The number of anilines is 1. The monoisotopic (exact) mass is 379 g/mol. The molecule has 0 radical (unpaired) electrons. The Hall–Kier alpha value is -3.32. The smallest absolute Gasteiger partial charge is 0.335 e. The van der Waals surface area contributed by atoms with Crippen LogP contribution < -0.4 is 5.32 Å². The molecule has 0 atom stereocenters. The van der Waals surface area contributed by atoms with Crippen molar-refractivity contribution in [2.24, 2.45) is 0 Å². The highest BCUT2D eigenvalue weighted by molar-refractivity contribution is 7.17. The Morgan fingerprint density at radius 1 is 1.07 bits per heavy atom. The van der Waals surface area contributed by atoms with Gasteiger partial charge < -0.3 is 10.4 Å². The number of aromatic nitrogens is 2. The van der Waals surface area contributed by atoms with Crippen LogP contribution in [0.4, 0.5) is 10.2 Å². The van der Waals surface area contributed by atoms with Gasteiger partial charge in [0.25, 0.3) is 0 Å². The van der Waals surface area contributed by atoms with E-state index in [1.807, 2.05) is 5.38 Å². The van der Waals surface area contributed by atoms with E-state index in [0.29, 0.717) is 12.4 Å². The number of nitrogens with zero attached hydrogens (tertiary/aromatic N) is 2. The first-order valence-corrected chi connectivity index (χ1v) is 9.04. The standard InChI is InChI=1S/C20H14FN3O2S/c21-15-7-5-13(6-8-15)16-10-27-19-17(16)18(23-11-24-19)22-9-12-1-3-14(4-2-12)20(25)26/h1-8,10-11H,9H2,(H,25,26)(H,22,23,24). The highest BCUT2D eigenvalue weighted by Gasteiger charge is 2.13. The van der Waals surface area contributed by atoms with Crippen LogP contribution in [0.25, 0.3) is 21.3 Å². The summed E-state index contributed by atoms with van der Waals surface area (Å²) >= 11 is 1.50. The van der Waals surface area contributed by atoms with E-state index in [9.17, 15) is 9.18 Å². The number of rotatable bonds is 5. The lowest BCUT2D eigenvalue weighted by atomic mass is 10.1. The Bertz CT molecular complexity index is 1110. The average molecular weight is 379 g/mol. The zero-order valence-corrected chi connectivity index (χ0v) is 14.8. The van der Waals surface area contributed by atoms with Gasteiger partial charge in [-0.3, -0.25) is 0 Å². The number of carboxylic acids is 1. The summed E-state index contributed by atoms with van der Waals surface area (Å²) in [6, 6.07) is 13.0. The quantitative estimate of drug-likeness (QED) is 0.521. The molecule has 0 spiro atoms. The maximum Gasteiger partial charge on any atom is 0.335 e. The van der Waals surface area contributed by atoms with E-state index in [2.05, 4.69) is 15.3 Å². The van der Waals surface area contributed by atoms with E-state index < -0.39 is 5.97 Å². The van der Waals surface area contributed by atoms with Crippen molar-refractivity contribution in [3.8, 4) is 11.1 Å². The molecule has 134 valence electrons. The minimum Gasteiger partial charge on any atom is -0.478 e. The van der Waals surface area contributed by atoms with E-state index in [4.69, 9.17) is 5.11 Å². The summed E-state index contributed by atoms with van der Waals surface area (Å²) in [5, 5.41) is 15.1. The number of benzene rings is 2. The van der Waals surface area contributed by atoms with Gasteiger partial charge in [0.05, 0.1) is 10.9 Å². The van der Waals surface area contributed by atoms with Crippen LogP contribution in [0.5, 0.6) is 0 Å². The number of nitrogens with one attached hydrogen (secondary N) is 1. The molecule has 5 nitrogen and oxygen atoms in total. The fourth-order valence-electron chi connectivity index (χ4n) is 2.80. The molecular weight excluding hydrogens is 365 g/mol. The molecule has 4 rings (SSSR count). The van der Waals surface area contributed by atoms with Crippen molar-refractivity contribution in [2.45, 2.75) is 6.54 Å². The molecular formula is C20H14FN3O2S. The Balaban J connectivity index is 1.64. The first-order chi connectivity index (χ1) is 13.1. The van der Waals surface area contributed by atoms with E-state index in [1.54, 1.807) is 36.4 Å². The largest absolute Gasteiger partial charge is 0.478 e. The third kappa shape index (κ3) is 3.50. The number of thiophene rings is 1. The number of hydrogen-bond donors (Lipinski definition) is 2. The molecule has 2 aromatic carbocycles. The zero-order valence-electron chi connectivity index (χ0n) is 14.0. The first-order valence-electron chi connectivity index (χ1n) is 8.16. The van der Waals surface area contributed by atoms with Gasteiger partial charge in [0, 0.05) is 17.5 Å². The van der Waals surface area contributed by atoms with E-state index in [-0.39, 0.29) is 11.4 Å². The van der Waals surface area contributed by atoms with Crippen LogP contribution in [0.15, 0.2) is 60.2 Å². The molecule has 7 heteroatoms. The average Bonchev–Trinajstić information content (AvgIpc) is 3.12. The molecule has 0 amide bonds. The van der Waals surface area contributed by atoms with Crippen LogP contribution in [-0.4, -0.2) is 21.0 Å². The van der Waals surface area contributed by atoms with Crippen LogP contribution in [0.3, 0.4) is 0 Å². The minimum atomic E-state index is -0.950. The Labute approximate surface area is 158 Å². The molecule has 2 heterocycles. The van der Waals surface area contributed by atoms with Gasteiger partial charge in [-0.15, -0.1) is 11.3 Å². The van der Waals surface area contributed by atoms with E-state index >= 15 is 0 Å². The van der Waals surface area contributed by atoms with Gasteiger partial charge in [0.1, 0.15) is 22.8 Å². The number of aromatic carboxylic acids is 1. The van der Waals surface area contributed by atoms with Crippen molar-refractivity contribution in [1.29, 1.82) is 0 Å². The summed E-state index contributed by atoms with van der Waals surface area (Å²) in [5.41, 5.74) is 3.02. The van der Waals surface area contributed by atoms with Gasteiger partial charge in [-0.25, -0.2) is 19.2 Å². The maximum absolute atomic E-state index is 13.2. The topological polar surface area (TPSA) is 75.1 Å². The summed E-state index contributed by atoms with van der Waals surface area (Å²) < 4.78 is 13.2. The highest BCUT2D eigenvalue weighted by Crippen LogP contribution is 2.36. The lowest BCUT2D eigenvalue weighted by molar-refractivity contribution is 0.0697. The lowest BCUT2D eigenvalue weighted by Gasteiger charge is -2.09. The fraction of sp³-hybridized carbons (Fsp3) is 0.0500. The molecule has 4 aromatic rings. The summed E-state index contributed by atoms with van der Waals surface area (Å²) in [7, 11) is 0. The number of fused-ring (bicyclic) bond motifs is 1. The van der Waals surface area contributed by atoms with Gasteiger partial charge in [0.2, 0.25) is 0 Å². The van der Waals surface area contributed by atoms with Gasteiger partial charge in [0.15, 0.2) is 0 Å². The summed E-state index contributed by atoms with van der Waals surface area (Å²) in [5.74, 6) is -0.546. The number of hydrogen-bond acceptors (Lipinski definition) is 5. The van der Waals surface area contributed by atoms with Gasteiger partial charge >= 0.3 is 5.97 Å². The summed E-state index contributed by atoms with van der Waals surface area (Å²) in [6.45, 7) is 0.491. The zero-order chi connectivity index (χ0) is 18.8. The number of carbonyl (C=O) groups is 1. The third-order valence-electron chi connectivity index (χ3n) is 4.19. The van der Waals surface area contributed by atoms with E-state index in [0.717, 1.165) is 26.9 Å². The second-order valence-electron chi connectivity index (χ2n) is 5.91. The normalized spacial score (nSPS) is 10.9. The van der Waals surface area contributed by atoms with Crippen molar-refractivity contribution >= 4 is 33.3 Å². The molecule has 0 saturated carbocycles. The molecule has 0 aliphatic rings. The molecule has 0 fully saturated rings. The van der Waals surface area contributed by atoms with Crippen LogP contribution in [-0.2, 0) is 6.54 Å². The Morgan fingerprint density at radius 2 is 1.81 bits per heavy atom. The van der Waals surface area contributed by atoms with Crippen LogP contribution in [0.1, 0.15) is 15.9 Å². The van der Waals surface area contributed by atoms with Gasteiger partial charge in [-0.05, 0) is 35.4 Å². The van der Waals surface area contributed by atoms with Gasteiger partial charge in [-0.2, -0.15) is 0 Å². The highest BCUT2D eigenvalue weighted by atomic mass is 32.1. The predicted octanol–water partition coefficient (Wildman–Crippen LogP) is 4.81. The molecule has 2 aromatic heterocycles. The summed E-state index contributed by atoms with van der Waals surface area (Å²) in [6.07, 6.45) is 1.50. The third-order valence-corrected chi connectivity index (χ3v) is 5.07. The van der Waals surface area contributed by atoms with Crippen molar-refractivity contribution in [3.05, 3.63) is 77.2 Å². The van der Waals surface area contributed by atoms with Crippen molar-refractivity contribution in [2.75, 3.05) is 5.32 Å². The molecule has 0 saturated heterocycles. The first kappa shape index (κ1) is 17.1. The molecule has 0 aliphatic heterocycles. The van der Waals surface area contributed by atoms with E-state index in [1.165, 1.54) is 29.8 Å². The second-order valence-corrected chi connectivity index (χ2v) is 6.77. The van der Waals surface area contributed by atoms with Crippen LogP contribution in [0.2, 0.25) is 0 Å². The molecule has 0 unspecified atom stereocenters. The summed E-state index contributed by atoms with van der Waals surface area (Å²) in [4.78, 5) is 20.5. The van der Waals surface area contributed by atoms with Crippen LogP contribution in [0, 0.1) is 5.82 Å². The molecule has 27 heavy (non-hydrogen) atoms. The lowest BCUT2D eigenvalue weighted by Crippen LogP contribution is -2.03. The van der Waals surface area contributed by atoms with Crippen molar-refractivity contribution in [1.82, 2.24) is 9.97 Å².